The van der Waals surface area contributed by atoms with Gasteiger partial charge in [-0.3, -0.25) is 0 Å². The van der Waals surface area contributed by atoms with Crippen molar-refractivity contribution in [3.05, 3.63) is 0 Å². The molecule has 0 spiro atoms. The number of hydrogen-bond acceptors (Lipinski definition) is 2. The molecule has 0 bridgehead atoms. The Morgan fingerprint density at radius 1 is 1.20 bits per heavy atom. The molecule has 1 saturated heterocycles. The van der Waals surface area contributed by atoms with Gasteiger partial charge in [0.25, 0.3) is 0 Å². The van der Waals surface area contributed by atoms with Crippen LogP contribution in [0.25, 0.3) is 0 Å². The van der Waals surface area contributed by atoms with Gasteiger partial charge in [-0.25, -0.2) is 0 Å². The standard InChI is InChI=1S/C13H28N2/c1-3-6-13-7-11-15(12-8-13)10-5-9-14-4-2/h13-14H,3-12H2,1-2H3. The van der Waals surface area contributed by atoms with Crippen LogP contribution in [0.1, 0.15) is 46.0 Å². The summed E-state index contributed by atoms with van der Waals surface area (Å²) in [4.78, 5) is 2.64. The molecule has 0 aliphatic carbocycles. The molecule has 0 amide bonds. The third kappa shape index (κ3) is 5.53. The minimum Gasteiger partial charge on any atom is -0.317 e. The highest BCUT2D eigenvalue weighted by Crippen LogP contribution is 2.21. The average molecular weight is 212 g/mol. The molecule has 2 nitrogen and oxygen atoms in total. The summed E-state index contributed by atoms with van der Waals surface area (Å²) in [5.41, 5.74) is 0. The van der Waals surface area contributed by atoms with Gasteiger partial charge in [-0.15, -0.1) is 0 Å². The molecule has 90 valence electrons. The largest absolute Gasteiger partial charge is 0.317 e. The van der Waals surface area contributed by atoms with E-state index in [-0.39, 0.29) is 0 Å². The Morgan fingerprint density at radius 2 is 1.93 bits per heavy atom. The zero-order valence-electron chi connectivity index (χ0n) is 10.6. The molecule has 1 rings (SSSR count). The minimum atomic E-state index is 1.03. The maximum atomic E-state index is 3.39. The lowest BCUT2D eigenvalue weighted by Gasteiger charge is -2.31. The summed E-state index contributed by atoms with van der Waals surface area (Å²) in [6, 6.07) is 0. The van der Waals surface area contributed by atoms with Crippen LogP contribution in [-0.2, 0) is 0 Å². The molecule has 0 saturated carbocycles. The minimum absolute atomic E-state index is 1.03. The van der Waals surface area contributed by atoms with Crippen LogP contribution >= 0.6 is 0 Å². The molecule has 0 radical (unpaired) electrons. The predicted molar refractivity (Wildman–Crippen MR) is 67.2 cm³/mol. The lowest BCUT2D eigenvalue weighted by molar-refractivity contribution is 0.177. The molecule has 2 heteroatoms. The third-order valence-electron chi connectivity index (χ3n) is 3.48. The first kappa shape index (κ1) is 13.0. The summed E-state index contributed by atoms with van der Waals surface area (Å²) in [5, 5.41) is 3.39. The van der Waals surface area contributed by atoms with Gasteiger partial charge in [0.2, 0.25) is 0 Å². The van der Waals surface area contributed by atoms with E-state index in [1.165, 1.54) is 58.3 Å². The maximum Gasteiger partial charge on any atom is -0.000664 e. The Kier molecular flexibility index (Phi) is 7.03. The summed E-state index contributed by atoms with van der Waals surface area (Å²) in [6.45, 7) is 10.8. The van der Waals surface area contributed by atoms with Crippen LogP contribution in [0, 0.1) is 5.92 Å². The average Bonchev–Trinajstić information content (AvgIpc) is 2.27. The summed E-state index contributed by atoms with van der Waals surface area (Å²) in [6.07, 6.45) is 7.01. The maximum absolute atomic E-state index is 3.39. The summed E-state index contributed by atoms with van der Waals surface area (Å²) in [7, 11) is 0. The zero-order valence-corrected chi connectivity index (χ0v) is 10.6. The number of likely N-dealkylation sites (tertiary alicyclic amines) is 1. The Labute approximate surface area is 95.4 Å². The Balaban J connectivity index is 1.99. The number of nitrogens with zero attached hydrogens (tertiary/aromatic N) is 1. The second-order valence-electron chi connectivity index (χ2n) is 4.78. The smallest absolute Gasteiger partial charge is 0.000664 e. The van der Waals surface area contributed by atoms with Crippen LogP contribution in [0.5, 0.6) is 0 Å². The van der Waals surface area contributed by atoms with Gasteiger partial charge in [-0.05, 0) is 57.9 Å². The molecule has 0 aromatic heterocycles. The second-order valence-corrected chi connectivity index (χ2v) is 4.78. The van der Waals surface area contributed by atoms with Gasteiger partial charge in [0.15, 0.2) is 0 Å². The van der Waals surface area contributed by atoms with Crippen LogP contribution in [0.3, 0.4) is 0 Å². The number of piperidine rings is 1. The van der Waals surface area contributed by atoms with Crippen LogP contribution in [0.15, 0.2) is 0 Å². The lowest BCUT2D eigenvalue weighted by Crippen LogP contribution is -2.35. The van der Waals surface area contributed by atoms with Crippen molar-refractivity contribution in [2.24, 2.45) is 5.92 Å². The summed E-state index contributed by atoms with van der Waals surface area (Å²) < 4.78 is 0. The molecule has 1 N–H and O–H groups in total. The van der Waals surface area contributed by atoms with E-state index in [1.54, 1.807) is 0 Å². The van der Waals surface area contributed by atoms with Crippen LogP contribution in [0.2, 0.25) is 0 Å². The molecule has 0 unspecified atom stereocenters. The monoisotopic (exact) mass is 212 g/mol. The molecular weight excluding hydrogens is 184 g/mol. The molecule has 1 aliphatic heterocycles. The van der Waals surface area contributed by atoms with Crippen LogP contribution in [0.4, 0.5) is 0 Å². The van der Waals surface area contributed by atoms with Crippen molar-refractivity contribution >= 4 is 0 Å². The summed E-state index contributed by atoms with van der Waals surface area (Å²) in [5.74, 6) is 1.03. The van der Waals surface area contributed by atoms with Gasteiger partial charge < -0.3 is 10.2 Å². The van der Waals surface area contributed by atoms with E-state index in [0.717, 1.165) is 12.5 Å². The van der Waals surface area contributed by atoms with Crippen molar-refractivity contribution in [2.75, 3.05) is 32.7 Å². The van der Waals surface area contributed by atoms with E-state index >= 15 is 0 Å². The Morgan fingerprint density at radius 3 is 2.53 bits per heavy atom. The Bertz CT molecular complexity index is 137. The SMILES string of the molecule is CCCC1CCN(CCCNCC)CC1. The van der Waals surface area contributed by atoms with Gasteiger partial charge in [0.05, 0.1) is 0 Å². The van der Waals surface area contributed by atoms with E-state index in [0.29, 0.717) is 0 Å². The lowest BCUT2D eigenvalue weighted by atomic mass is 9.92. The fourth-order valence-corrected chi connectivity index (χ4v) is 2.51. The quantitative estimate of drug-likeness (QED) is 0.652. The first-order chi connectivity index (χ1) is 7.36. The number of rotatable bonds is 7. The highest BCUT2D eigenvalue weighted by Gasteiger charge is 2.17. The second kappa shape index (κ2) is 8.12. The van der Waals surface area contributed by atoms with Crippen molar-refractivity contribution in [1.29, 1.82) is 0 Å². The predicted octanol–water partition coefficient (Wildman–Crippen LogP) is 2.50. The first-order valence-corrected chi connectivity index (χ1v) is 6.79. The van der Waals surface area contributed by atoms with Crippen LogP contribution in [-0.4, -0.2) is 37.6 Å². The first-order valence-electron chi connectivity index (χ1n) is 6.79. The van der Waals surface area contributed by atoms with E-state index in [9.17, 15) is 0 Å². The van der Waals surface area contributed by atoms with Crippen molar-refractivity contribution in [2.45, 2.75) is 46.0 Å². The van der Waals surface area contributed by atoms with Gasteiger partial charge in [-0.2, -0.15) is 0 Å². The number of nitrogens with one attached hydrogen (secondary N) is 1. The highest BCUT2D eigenvalue weighted by molar-refractivity contribution is 4.72. The normalized spacial score (nSPS) is 19.6. The fourth-order valence-electron chi connectivity index (χ4n) is 2.51. The molecule has 0 aromatic rings. The zero-order chi connectivity index (χ0) is 10.9. The molecule has 15 heavy (non-hydrogen) atoms. The molecule has 1 heterocycles. The van der Waals surface area contributed by atoms with E-state index in [4.69, 9.17) is 0 Å². The van der Waals surface area contributed by atoms with E-state index < -0.39 is 0 Å². The van der Waals surface area contributed by atoms with Gasteiger partial charge in [0, 0.05) is 0 Å². The van der Waals surface area contributed by atoms with Crippen molar-refractivity contribution in [3.8, 4) is 0 Å². The van der Waals surface area contributed by atoms with E-state index in [2.05, 4.69) is 24.1 Å². The molecule has 0 aromatic carbocycles. The third-order valence-corrected chi connectivity index (χ3v) is 3.48. The molecule has 1 aliphatic rings. The van der Waals surface area contributed by atoms with Crippen molar-refractivity contribution in [1.82, 2.24) is 10.2 Å². The fraction of sp³-hybridized carbons (Fsp3) is 1.00. The Hall–Kier alpha value is -0.0800. The van der Waals surface area contributed by atoms with Gasteiger partial charge in [0.1, 0.15) is 0 Å². The molecule has 1 fully saturated rings. The molecular formula is C13H28N2. The van der Waals surface area contributed by atoms with E-state index in [1.807, 2.05) is 0 Å². The van der Waals surface area contributed by atoms with Gasteiger partial charge in [-0.1, -0.05) is 26.7 Å². The number of hydrogen-bond donors (Lipinski definition) is 1. The van der Waals surface area contributed by atoms with Crippen LogP contribution < -0.4 is 5.32 Å². The highest BCUT2D eigenvalue weighted by atomic mass is 15.1. The van der Waals surface area contributed by atoms with Gasteiger partial charge >= 0.3 is 0 Å². The molecule has 0 atom stereocenters. The summed E-state index contributed by atoms with van der Waals surface area (Å²) >= 11 is 0. The topological polar surface area (TPSA) is 15.3 Å². The van der Waals surface area contributed by atoms with Crippen molar-refractivity contribution in [3.63, 3.8) is 0 Å². The van der Waals surface area contributed by atoms with Crippen molar-refractivity contribution < 1.29 is 0 Å².